The number of benzene rings is 1. The highest BCUT2D eigenvalue weighted by Crippen LogP contribution is 2.13. The fourth-order valence-electron chi connectivity index (χ4n) is 2.79. The molecule has 21 heavy (non-hydrogen) atoms. The molecule has 1 aromatic carbocycles. The van der Waals surface area contributed by atoms with E-state index in [1.807, 2.05) is 16.9 Å². The molecule has 1 aromatic heterocycles. The van der Waals surface area contributed by atoms with Gasteiger partial charge in [0.1, 0.15) is 0 Å². The zero-order chi connectivity index (χ0) is 14.5. The number of hydrogen-bond acceptors (Lipinski definition) is 4. The Bertz CT molecular complexity index is 547. The van der Waals surface area contributed by atoms with E-state index in [0.717, 1.165) is 45.0 Å². The van der Waals surface area contributed by atoms with E-state index in [4.69, 9.17) is 5.11 Å². The second-order valence-electron chi connectivity index (χ2n) is 5.46. The minimum absolute atomic E-state index is 0.256. The molecule has 0 unspecified atom stereocenters. The molecule has 1 aliphatic rings. The Kier molecular flexibility index (Phi) is 4.65. The molecule has 1 aliphatic heterocycles. The lowest BCUT2D eigenvalue weighted by Gasteiger charge is -2.34. The summed E-state index contributed by atoms with van der Waals surface area (Å²) >= 11 is 0. The molecule has 3 rings (SSSR count). The van der Waals surface area contributed by atoms with Crippen molar-refractivity contribution < 1.29 is 5.11 Å². The number of rotatable bonds is 5. The van der Waals surface area contributed by atoms with Crippen LogP contribution in [0.1, 0.15) is 5.56 Å². The standard InChI is InChI=1S/C16H22N4O/c21-12-11-18-7-9-19(10-8-18)14-15-3-1-4-16(13-15)20-6-2-5-17-20/h1-6,13,21H,7-12,14H2. The van der Waals surface area contributed by atoms with E-state index >= 15 is 0 Å². The largest absolute Gasteiger partial charge is 0.395 e. The van der Waals surface area contributed by atoms with Crippen molar-refractivity contribution in [1.29, 1.82) is 0 Å². The van der Waals surface area contributed by atoms with E-state index in [9.17, 15) is 0 Å². The van der Waals surface area contributed by atoms with Crippen LogP contribution in [0.3, 0.4) is 0 Å². The lowest BCUT2D eigenvalue weighted by molar-refractivity contribution is 0.108. The Morgan fingerprint density at radius 3 is 2.57 bits per heavy atom. The minimum atomic E-state index is 0.256. The zero-order valence-corrected chi connectivity index (χ0v) is 12.2. The second kappa shape index (κ2) is 6.85. The van der Waals surface area contributed by atoms with E-state index in [1.54, 1.807) is 6.20 Å². The van der Waals surface area contributed by atoms with E-state index in [1.165, 1.54) is 5.56 Å². The van der Waals surface area contributed by atoms with Crippen LogP contribution >= 0.6 is 0 Å². The van der Waals surface area contributed by atoms with E-state index in [0.29, 0.717) is 0 Å². The van der Waals surface area contributed by atoms with Crippen molar-refractivity contribution in [2.24, 2.45) is 0 Å². The number of β-amino-alcohol motifs (C(OH)–C–C–N with tert-alkyl or cyclic N) is 1. The van der Waals surface area contributed by atoms with Gasteiger partial charge in [-0.1, -0.05) is 12.1 Å². The first kappa shape index (κ1) is 14.3. The molecule has 0 saturated carbocycles. The molecule has 2 heterocycles. The molecule has 0 spiro atoms. The number of nitrogens with zero attached hydrogens (tertiary/aromatic N) is 4. The molecule has 5 heteroatoms. The third-order valence-corrected chi connectivity index (χ3v) is 3.97. The summed E-state index contributed by atoms with van der Waals surface area (Å²) in [5.41, 5.74) is 2.43. The molecule has 1 saturated heterocycles. The lowest BCUT2D eigenvalue weighted by atomic mass is 10.1. The van der Waals surface area contributed by atoms with Gasteiger partial charge in [-0.05, 0) is 23.8 Å². The first-order chi connectivity index (χ1) is 10.3. The van der Waals surface area contributed by atoms with Crippen LogP contribution in [0.4, 0.5) is 0 Å². The van der Waals surface area contributed by atoms with E-state index in [-0.39, 0.29) is 6.61 Å². The maximum atomic E-state index is 8.98. The zero-order valence-electron chi connectivity index (χ0n) is 12.2. The maximum Gasteiger partial charge on any atom is 0.0648 e. The minimum Gasteiger partial charge on any atom is -0.395 e. The molecule has 0 bridgehead atoms. The van der Waals surface area contributed by atoms with Gasteiger partial charge in [-0.3, -0.25) is 9.80 Å². The quantitative estimate of drug-likeness (QED) is 0.890. The normalized spacial score (nSPS) is 17.2. The highest BCUT2D eigenvalue weighted by molar-refractivity contribution is 5.35. The van der Waals surface area contributed by atoms with Gasteiger partial charge >= 0.3 is 0 Å². The van der Waals surface area contributed by atoms with E-state index in [2.05, 4.69) is 39.2 Å². The predicted octanol–water partition coefficient (Wildman–Crippen LogP) is 0.982. The Morgan fingerprint density at radius 1 is 1.05 bits per heavy atom. The van der Waals surface area contributed by atoms with Gasteiger partial charge < -0.3 is 5.11 Å². The van der Waals surface area contributed by atoms with Crippen molar-refractivity contribution in [3.05, 3.63) is 48.3 Å². The number of aliphatic hydroxyl groups excluding tert-OH is 1. The lowest BCUT2D eigenvalue weighted by Crippen LogP contribution is -2.46. The van der Waals surface area contributed by atoms with Crippen LogP contribution in [0.5, 0.6) is 0 Å². The fourth-order valence-corrected chi connectivity index (χ4v) is 2.79. The second-order valence-corrected chi connectivity index (χ2v) is 5.46. The van der Waals surface area contributed by atoms with Gasteiger partial charge in [0.15, 0.2) is 0 Å². The van der Waals surface area contributed by atoms with Gasteiger partial charge in [-0.2, -0.15) is 5.10 Å². The van der Waals surface area contributed by atoms with Crippen molar-refractivity contribution in [2.75, 3.05) is 39.3 Å². The average molecular weight is 286 g/mol. The smallest absolute Gasteiger partial charge is 0.0648 e. The Balaban J connectivity index is 1.60. The highest BCUT2D eigenvalue weighted by Gasteiger charge is 2.16. The Hall–Kier alpha value is -1.69. The van der Waals surface area contributed by atoms with Crippen molar-refractivity contribution >= 4 is 0 Å². The van der Waals surface area contributed by atoms with Gasteiger partial charge in [-0.25, -0.2) is 4.68 Å². The fraction of sp³-hybridized carbons (Fsp3) is 0.438. The SMILES string of the molecule is OCCN1CCN(Cc2cccc(-n3cccn3)c2)CC1. The van der Waals surface area contributed by atoms with Crippen LogP contribution in [0.2, 0.25) is 0 Å². The molecular weight excluding hydrogens is 264 g/mol. The molecule has 0 atom stereocenters. The van der Waals surface area contributed by atoms with Gasteiger partial charge in [-0.15, -0.1) is 0 Å². The first-order valence-corrected chi connectivity index (χ1v) is 7.50. The maximum absolute atomic E-state index is 8.98. The van der Waals surface area contributed by atoms with Gasteiger partial charge in [0.2, 0.25) is 0 Å². The highest BCUT2D eigenvalue weighted by atomic mass is 16.3. The number of hydrogen-bond donors (Lipinski definition) is 1. The topological polar surface area (TPSA) is 44.5 Å². The summed E-state index contributed by atoms with van der Waals surface area (Å²) in [4.78, 5) is 4.78. The molecule has 0 aliphatic carbocycles. The summed E-state index contributed by atoms with van der Waals surface area (Å²) in [5, 5.41) is 13.3. The molecule has 1 fully saturated rings. The van der Waals surface area contributed by atoms with Gasteiger partial charge in [0.05, 0.1) is 12.3 Å². The third-order valence-electron chi connectivity index (χ3n) is 3.97. The van der Waals surface area contributed by atoms with Crippen molar-refractivity contribution in [2.45, 2.75) is 6.54 Å². The molecule has 112 valence electrons. The summed E-state index contributed by atoms with van der Waals surface area (Å²) in [5.74, 6) is 0. The van der Waals surface area contributed by atoms with Crippen LogP contribution in [0.25, 0.3) is 5.69 Å². The summed E-state index contributed by atoms with van der Waals surface area (Å²) in [6, 6.07) is 10.5. The van der Waals surface area contributed by atoms with Crippen LogP contribution in [-0.2, 0) is 6.54 Å². The van der Waals surface area contributed by atoms with E-state index < -0.39 is 0 Å². The summed E-state index contributed by atoms with van der Waals surface area (Å²) < 4.78 is 1.89. The molecule has 0 amide bonds. The van der Waals surface area contributed by atoms with Crippen molar-refractivity contribution in [1.82, 2.24) is 19.6 Å². The average Bonchev–Trinajstić information content (AvgIpc) is 3.04. The Morgan fingerprint density at radius 2 is 1.86 bits per heavy atom. The number of aliphatic hydroxyl groups is 1. The van der Waals surface area contributed by atoms with Crippen LogP contribution in [0, 0.1) is 0 Å². The van der Waals surface area contributed by atoms with Crippen molar-refractivity contribution in [3.63, 3.8) is 0 Å². The summed E-state index contributed by atoms with van der Waals surface area (Å²) in [7, 11) is 0. The van der Waals surface area contributed by atoms with Crippen LogP contribution < -0.4 is 0 Å². The van der Waals surface area contributed by atoms with Gasteiger partial charge in [0.25, 0.3) is 0 Å². The Labute approximate surface area is 125 Å². The monoisotopic (exact) mass is 286 g/mol. The van der Waals surface area contributed by atoms with Crippen molar-refractivity contribution in [3.8, 4) is 5.69 Å². The number of aromatic nitrogens is 2. The summed E-state index contributed by atoms with van der Waals surface area (Å²) in [6.07, 6.45) is 3.76. The molecule has 0 radical (unpaired) electrons. The van der Waals surface area contributed by atoms with Gasteiger partial charge in [0, 0.05) is 51.7 Å². The predicted molar refractivity (Wildman–Crippen MR) is 82.4 cm³/mol. The first-order valence-electron chi connectivity index (χ1n) is 7.50. The van der Waals surface area contributed by atoms with Crippen LogP contribution in [0.15, 0.2) is 42.7 Å². The third kappa shape index (κ3) is 3.69. The molecule has 2 aromatic rings. The molecule has 1 N–H and O–H groups in total. The summed E-state index contributed by atoms with van der Waals surface area (Å²) in [6.45, 7) is 6.23. The molecular formula is C16H22N4O. The molecule has 5 nitrogen and oxygen atoms in total. The van der Waals surface area contributed by atoms with Crippen LogP contribution in [-0.4, -0.2) is 64.0 Å². The number of piperazine rings is 1.